The molecule has 0 aromatic rings. The first-order valence-corrected chi connectivity index (χ1v) is 3.39. The molecule has 0 aromatic carbocycles. The molecular formula is C8H8ClNO2. The molecule has 0 atom stereocenters. The molecular weight excluding hydrogens is 178 g/mol. The van der Waals surface area contributed by atoms with Crippen molar-refractivity contribution >= 4 is 23.8 Å². The molecule has 0 spiro atoms. The summed E-state index contributed by atoms with van der Waals surface area (Å²) < 4.78 is 0. The van der Waals surface area contributed by atoms with Gasteiger partial charge in [-0.05, 0) is 6.08 Å². The number of hydrogen-bond acceptors (Lipinski definition) is 2. The lowest BCUT2D eigenvalue weighted by Gasteiger charge is -1.91. The molecule has 0 aliphatic heterocycles. The second kappa shape index (κ2) is 5.32. The summed E-state index contributed by atoms with van der Waals surface area (Å²) in [5.74, 6) is -1.11. The molecule has 4 heteroatoms. The Labute approximate surface area is 75.4 Å². The van der Waals surface area contributed by atoms with E-state index in [-0.39, 0.29) is 10.6 Å². The summed E-state index contributed by atoms with van der Waals surface area (Å²) in [4.78, 5) is 14.0. The summed E-state index contributed by atoms with van der Waals surface area (Å²) in [5, 5.41) is 8.70. The van der Waals surface area contributed by atoms with Gasteiger partial charge in [-0.2, -0.15) is 0 Å². The Bertz CT molecular complexity index is 266. The predicted octanol–water partition coefficient (Wildman–Crippen LogP) is 1.96. The minimum atomic E-state index is -1.11. The number of hydrogen-bond donors (Lipinski definition) is 1. The van der Waals surface area contributed by atoms with Crippen LogP contribution in [-0.2, 0) is 4.79 Å². The number of aliphatic carboxylic acids is 1. The van der Waals surface area contributed by atoms with Crippen LogP contribution in [0.25, 0.3) is 0 Å². The van der Waals surface area contributed by atoms with Crippen LogP contribution < -0.4 is 0 Å². The van der Waals surface area contributed by atoms with Crippen LogP contribution in [0.3, 0.4) is 0 Å². The number of halogens is 1. The molecule has 1 N–H and O–H groups in total. The van der Waals surface area contributed by atoms with Crippen molar-refractivity contribution in [2.45, 2.75) is 0 Å². The Kier molecular flexibility index (Phi) is 4.72. The van der Waals surface area contributed by atoms with E-state index in [0.717, 1.165) is 6.21 Å². The van der Waals surface area contributed by atoms with Crippen molar-refractivity contribution in [1.29, 1.82) is 0 Å². The highest BCUT2D eigenvalue weighted by atomic mass is 35.5. The van der Waals surface area contributed by atoms with Crippen molar-refractivity contribution in [3.05, 3.63) is 36.0 Å². The maximum absolute atomic E-state index is 10.4. The summed E-state index contributed by atoms with van der Waals surface area (Å²) in [5.41, 5.74) is -0.0325. The van der Waals surface area contributed by atoms with Crippen LogP contribution in [0.1, 0.15) is 0 Å². The maximum atomic E-state index is 10.4. The second-order valence-electron chi connectivity index (χ2n) is 1.81. The number of carboxylic acid groups (broad SMARTS) is 1. The molecule has 0 saturated heterocycles. The number of carboxylic acids is 1. The molecule has 0 saturated carbocycles. The largest absolute Gasteiger partial charge is 0.478 e. The van der Waals surface area contributed by atoms with Crippen molar-refractivity contribution in [1.82, 2.24) is 0 Å². The van der Waals surface area contributed by atoms with E-state index >= 15 is 0 Å². The van der Waals surface area contributed by atoms with E-state index in [2.05, 4.69) is 18.2 Å². The molecule has 12 heavy (non-hydrogen) atoms. The third-order valence-electron chi connectivity index (χ3n) is 0.878. The third kappa shape index (κ3) is 4.46. The van der Waals surface area contributed by atoms with E-state index in [1.165, 1.54) is 12.3 Å². The average Bonchev–Trinajstić information content (AvgIpc) is 1.96. The lowest BCUT2D eigenvalue weighted by atomic mass is 10.3. The first-order chi connectivity index (χ1) is 5.57. The van der Waals surface area contributed by atoms with Crippen molar-refractivity contribution in [2.24, 2.45) is 4.99 Å². The van der Waals surface area contributed by atoms with Gasteiger partial charge in [0.15, 0.2) is 0 Å². The van der Waals surface area contributed by atoms with Crippen LogP contribution in [0.5, 0.6) is 0 Å². The molecule has 0 aliphatic carbocycles. The SMILES string of the molecule is C=CN=C/C(=C\C(=C)Cl)C(=O)O. The van der Waals surface area contributed by atoms with Crippen LogP contribution in [-0.4, -0.2) is 17.3 Å². The smallest absolute Gasteiger partial charge is 0.337 e. The molecule has 0 heterocycles. The maximum Gasteiger partial charge on any atom is 0.337 e. The van der Waals surface area contributed by atoms with Crippen molar-refractivity contribution < 1.29 is 9.90 Å². The molecule has 64 valence electrons. The first-order valence-electron chi connectivity index (χ1n) is 3.01. The quantitative estimate of drug-likeness (QED) is 0.414. The van der Waals surface area contributed by atoms with Gasteiger partial charge in [0, 0.05) is 17.4 Å². The van der Waals surface area contributed by atoms with E-state index in [0.29, 0.717) is 0 Å². The van der Waals surface area contributed by atoms with E-state index in [1.54, 1.807) is 0 Å². The summed E-state index contributed by atoms with van der Waals surface area (Å²) in [6, 6.07) is 0. The molecule has 0 bridgehead atoms. The number of allylic oxidation sites excluding steroid dienone is 2. The fourth-order valence-electron chi connectivity index (χ4n) is 0.456. The number of aliphatic imine (C=N–C) groups is 1. The number of carbonyl (C=O) groups is 1. The zero-order chi connectivity index (χ0) is 9.56. The second-order valence-corrected chi connectivity index (χ2v) is 2.30. The van der Waals surface area contributed by atoms with Crippen molar-refractivity contribution in [2.75, 3.05) is 0 Å². The van der Waals surface area contributed by atoms with Crippen LogP contribution in [0.15, 0.2) is 41.0 Å². The van der Waals surface area contributed by atoms with Crippen LogP contribution in [0.2, 0.25) is 0 Å². The summed E-state index contributed by atoms with van der Waals surface area (Å²) in [6.45, 7) is 6.62. The van der Waals surface area contributed by atoms with E-state index < -0.39 is 5.97 Å². The lowest BCUT2D eigenvalue weighted by Crippen LogP contribution is -2.01. The fraction of sp³-hybridized carbons (Fsp3) is 0. The molecule has 0 amide bonds. The van der Waals surface area contributed by atoms with Gasteiger partial charge in [-0.15, -0.1) is 0 Å². The van der Waals surface area contributed by atoms with Crippen molar-refractivity contribution in [3.63, 3.8) is 0 Å². The number of nitrogens with zero attached hydrogens (tertiary/aromatic N) is 1. The van der Waals surface area contributed by atoms with Crippen molar-refractivity contribution in [3.8, 4) is 0 Å². The highest BCUT2D eigenvalue weighted by molar-refractivity contribution is 6.31. The predicted molar refractivity (Wildman–Crippen MR) is 49.4 cm³/mol. The average molecular weight is 186 g/mol. The number of rotatable bonds is 4. The Hall–Kier alpha value is -1.35. The van der Waals surface area contributed by atoms with Crippen LogP contribution >= 0.6 is 11.6 Å². The van der Waals surface area contributed by atoms with E-state index in [1.807, 2.05) is 0 Å². The van der Waals surface area contributed by atoms with Gasteiger partial charge in [0.2, 0.25) is 0 Å². The zero-order valence-electron chi connectivity index (χ0n) is 6.33. The summed E-state index contributed by atoms with van der Waals surface area (Å²) >= 11 is 5.37. The van der Waals surface area contributed by atoms with Gasteiger partial charge in [-0.3, -0.25) is 4.99 Å². The monoisotopic (exact) mass is 185 g/mol. The normalized spacial score (nSPS) is 11.6. The topological polar surface area (TPSA) is 49.7 Å². The minimum Gasteiger partial charge on any atom is -0.478 e. The van der Waals surface area contributed by atoms with Gasteiger partial charge in [0.25, 0.3) is 0 Å². The Morgan fingerprint density at radius 1 is 1.58 bits per heavy atom. The van der Waals surface area contributed by atoms with Gasteiger partial charge in [-0.1, -0.05) is 24.8 Å². The molecule has 0 rings (SSSR count). The van der Waals surface area contributed by atoms with Gasteiger partial charge in [0.1, 0.15) is 0 Å². The third-order valence-corrected chi connectivity index (χ3v) is 0.987. The first kappa shape index (κ1) is 10.7. The summed E-state index contributed by atoms with van der Waals surface area (Å²) in [6.07, 6.45) is 3.58. The molecule has 0 fully saturated rings. The zero-order valence-corrected chi connectivity index (χ0v) is 7.08. The van der Waals surface area contributed by atoms with E-state index in [4.69, 9.17) is 16.7 Å². The standard InChI is InChI=1S/C8H8ClNO2/c1-3-10-5-7(8(11)12)4-6(2)9/h3-5H,1-2H2,(H,11,12)/b7-4+,10-5?. The highest BCUT2D eigenvalue weighted by Crippen LogP contribution is 2.03. The van der Waals surface area contributed by atoms with Gasteiger partial charge < -0.3 is 5.11 Å². The van der Waals surface area contributed by atoms with Gasteiger partial charge in [0.05, 0.1) is 5.57 Å². The van der Waals surface area contributed by atoms with Gasteiger partial charge >= 0.3 is 5.97 Å². The fourth-order valence-corrected chi connectivity index (χ4v) is 0.574. The Balaban J connectivity index is 4.66. The molecule has 0 aliphatic rings. The Morgan fingerprint density at radius 2 is 2.17 bits per heavy atom. The molecule has 0 radical (unpaired) electrons. The molecule has 0 aromatic heterocycles. The highest BCUT2D eigenvalue weighted by Gasteiger charge is 2.02. The lowest BCUT2D eigenvalue weighted by molar-refractivity contribution is -0.132. The molecule has 0 unspecified atom stereocenters. The molecule has 3 nitrogen and oxygen atoms in total. The summed E-state index contributed by atoms with van der Waals surface area (Å²) in [7, 11) is 0. The van der Waals surface area contributed by atoms with E-state index in [9.17, 15) is 4.79 Å². The van der Waals surface area contributed by atoms with Gasteiger partial charge in [-0.25, -0.2) is 4.79 Å². The van der Waals surface area contributed by atoms with Crippen LogP contribution in [0, 0.1) is 0 Å². The Morgan fingerprint density at radius 3 is 2.50 bits per heavy atom. The van der Waals surface area contributed by atoms with Crippen LogP contribution in [0.4, 0.5) is 0 Å². The minimum absolute atomic E-state index is 0.0325.